The largest absolute Gasteiger partial charge is 0.328 e. The van der Waals surface area contributed by atoms with Gasteiger partial charge in [0.15, 0.2) is 0 Å². The van der Waals surface area contributed by atoms with Crippen LogP contribution in [0.15, 0.2) is 18.3 Å². The number of nitrogens with two attached hydrogens (primary N) is 1. The molecule has 1 amide bonds. The smallest absolute Gasteiger partial charge is 0.228 e. The Morgan fingerprint density at radius 3 is 2.78 bits per heavy atom. The molecule has 2 atom stereocenters. The maximum absolute atomic E-state index is 11.9. The third kappa shape index (κ3) is 5.27. The van der Waals surface area contributed by atoms with Crippen molar-refractivity contribution in [1.82, 2.24) is 4.98 Å². The molecule has 4 heteroatoms. The van der Waals surface area contributed by atoms with E-state index in [2.05, 4.69) is 10.3 Å². The van der Waals surface area contributed by atoms with Crippen molar-refractivity contribution < 1.29 is 4.79 Å². The Bertz CT molecular complexity index is 390. The summed E-state index contributed by atoms with van der Waals surface area (Å²) in [5.74, 6) is 0.642. The first kappa shape index (κ1) is 14.6. The minimum Gasteiger partial charge on any atom is -0.328 e. The topological polar surface area (TPSA) is 68.0 Å². The molecule has 0 bridgehead atoms. The Hall–Kier alpha value is -1.42. The first-order valence-corrected chi connectivity index (χ1v) is 6.48. The molecular weight excluding hydrogens is 226 g/mol. The number of anilines is 1. The highest BCUT2D eigenvalue weighted by atomic mass is 16.1. The van der Waals surface area contributed by atoms with Crippen molar-refractivity contribution in [3.8, 4) is 0 Å². The van der Waals surface area contributed by atoms with Gasteiger partial charge in [0.25, 0.3) is 0 Å². The highest BCUT2D eigenvalue weighted by molar-refractivity contribution is 5.91. The Morgan fingerprint density at radius 2 is 2.17 bits per heavy atom. The Morgan fingerprint density at radius 1 is 1.44 bits per heavy atom. The Kier molecular flexibility index (Phi) is 5.78. The summed E-state index contributed by atoms with van der Waals surface area (Å²) in [6.45, 7) is 5.90. The van der Waals surface area contributed by atoms with Gasteiger partial charge in [0, 0.05) is 18.2 Å². The number of pyridine rings is 1. The average Bonchev–Trinajstić information content (AvgIpc) is 2.28. The van der Waals surface area contributed by atoms with Gasteiger partial charge < -0.3 is 11.1 Å². The highest BCUT2D eigenvalue weighted by Crippen LogP contribution is 2.12. The van der Waals surface area contributed by atoms with Crippen LogP contribution in [0.1, 0.15) is 38.7 Å². The fraction of sp³-hybridized carbons (Fsp3) is 0.571. The minimum absolute atomic E-state index is 0.00828. The molecule has 1 aromatic rings. The molecule has 1 rings (SSSR count). The maximum atomic E-state index is 11.9. The quantitative estimate of drug-likeness (QED) is 0.814. The van der Waals surface area contributed by atoms with Crippen LogP contribution < -0.4 is 11.1 Å². The summed E-state index contributed by atoms with van der Waals surface area (Å²) < 4.78 is 0. The van der Waals surface area contributed by atoms with E-state index < -0.39 is 0 Å². The van der Waals surface area contributed by atoms with Gasteiger partial charge in [-0.15, -0.1) is 0 Å². The first-order valence-electron chi connectivity index (χ1n) is 6.48. The zero-order valence-corrected chi connectivity index (χ0v) is 11.4. The number of hydrogen-bond acceptors (Lipinski definition) is 3. The predicted molar refractivity (Wildman–Crippen MR) is 74.3 cm³/mol. The van der Waals surface area contributed by atoms with Gasteiger partial charge in [0.2, 0.25) is 5.91 Å². The number of nitrogens with zero attached hydrogens (tertiary/aromatic N) is 1. The van der Waals surface area contributed by atoms with E-state index in [4.69, 9.17) is 5.73 Å². The van der Waals surface area contributed by atoms with E-state index in [-0.39, 0.29) is 17.9 Å². The maximum Gasteiger partial charge on any atom is 0.228 e. The summed E-state index contributed by atoms with van der Waals surface area (Å²) in [5.41, 5.74) is 6.77. The van der Waals surface area contributed by atoms with Crippen molar-refractivity contribution in [1.29, 1.82) is 0 Å². The van der Waals surface area contributed by atoms with Crippen LogP contribution in [0.3, 0.4) is 0 Å². The van der Waals surface area contributed by atoms with Gasteiger partial charge >= 0.3 is 0 Å². The fourth-order valence-corrected chi connectivity index (χ4v) is 1.73. The summed E-state index contributed by atoms with van der Waals surface area (Å²) in [4.78, 5) is 16.0. The monoisotopic (exact) mass is 249 g/mol. The molecule has 18 heavy (non-hydrogen) atoms. The van der Waals surface area contributed by atoms with Crippen LogP contribution >= 0.6 is 0 Å². The molecule has 1 heterocycles. The van der Waals surface area contributed by atoms with E-state index in [0.29, 0.717) is 5.82 Å². The number of carbonyl (C=O) groups is 1. The average molecular weight is 249 g/mol. The molecule has 0 saturated heterocycles. The van der Waals surface area contributed by atoms with E-state index >= 15 is 0 Å². The van der Waals surface area contributed by atoms with Crippen LogP contribution in [0.25, 0.3) is 0 Å². The summed E-state index contributed by atoms with van der Waals surface area (Å²) in [5, 5.41) is 2.84. The number of aromatic nitrogens is 1. The summed E-state index contributed by atoms with van der Waals surface area (Å²) >= 11 is 0. The normalized spacial score (nSPS) is 14.0. The van der Waals surface area contributed by atoms with Crippen molar-refractivity contribution >= 4 is 11.7 Å². The minimum atomic E-state index is -0.00828. The molecule has 0 aliphatic heterocycles. The second-order valence-corrected chi connectivity index (χ2v) is 5.02. The highest BCUT2D eigenvalue weighted by Gasteiger charge is 2.13. The lowest BCUT2D eigenvalue weighted by molar-refractivity contribution is -0.119. The summed E-state index contributed by atoms with van der Waals surface area (Å²) in [7, 11) is 0. The van der Waals surface area contributed by atoms with E-state index in [1.165, 1.54) is 0 Å². The second-order valence-electron chi connectivity index (χ2n) is 5.02. The first-order chi connectivity index (χ1) is 8.49. The molecule has 0 fully saturated rings. The van der Waals surface area contributed by atoms with E-state index in [0.717, 1.165) is 24.8 Å². The molecule has 0 aliphatic rings. The van der Waals surface area contributed by atoms with Crippen LogP contribution in [0.4, 0.5) is 5.82 Å². The van der Waals surface area contributed by atoms with E-state index in [1.54, 1.807) is 6.20 Å². The third-order valence-corrected chi connectivity index (χ3v) is 2.91. The van der Waals surface area contributed by atoms with Gasteiger partial charge in [-0.25, -0.2) is 4.98 Å². The molecular formula is C14H23N3O. The van der Waals surface area contributed by atoms with E-state index in [9.17, 15) is 4.79 Å². The summed E-state index contributed by atoms with van der Waals surface area (Å²) in [6, 6.07) is 3.98. The molecule has 0 radical (unpaired) electrons. The zero-order chi connectivity index (χ0) is 13.5. The van der Waals surface area contributed by atoms with Crippen molar-refractivity contribution in [3.63, 3.8) is 0 Å². The van der Waals surface area contributed by atoms with Gasteiger partial charge in [0.05, 0.1) is 0 Å². The predicted octanol–water partition coefficient (Wildman–Crippen LogP) is 2.48. The molecule has 2 unspecified atom stereocenters. The number of aryl methyl sites for hydroxylation is 1. The third-order valence-electron chi connectivity index (χ3n) is 2.91. The molecule has 1 aromatic heterocycles. The molecule has 100 valence electrons. The molecule has 3 N–H and O–H groups in total. The van der Waals surface area contributed by atoms with Gasteiger partial charge in [-0.3, -0.25) is 4.79 Å². The number of hydrogen-bond donors (Lipinski definition) is 2. The number of rotatable bonds is 6. The lowest BCUT2D eigenvalue weighted by Crippen LogP contribution is -2.22. The number of nitrogens with one attached hydrogen (secondary N) is 1. The number of carbonyl (C=O) groups excluding carboxylic acids is 1. The van der Waals surface area contributed by atoms with Crippen LogP contribution in [0, 0.1) is 12.8 Å². The van der Waals surface area contributed by atoms with Crippen molar-refractivity contribution in [2.24, 2.45) is 11.7 Å². The van der Waals surface area contributed by atoms with Crippen LogP contribution in [0.2, 0.25) is 0 Å². The van der Waals surface area contributed by atoms with Crippen LogP contribution in [0.5, 0.6) is 0 Å². The van der Waals surface area contributed by atoms with Gasteiger partial charge in [-0.1, -0.05) is 13.3 Å². The van der Waals surface area contributed by atoms with E-state index in [1.807, 2.05) is 32.9 Å². The molecule has 4 nitrogen and oxygen atoms in total. The van der Waals surface area contributed by atoms with Gasteiger partial charge in [-0.05, 0) is 44.4 Å². The summed E-state index contributed by atoms with van der Waals surface area (Å²) in [6.07, 6.45) is 4.50. The van der Waals surface area contributed by atoms with Gasteiger partial charge in [0.1, 0.15) is 5.82 Å². The fourth-order valence-electron chi connectivity index (χ4n) is 1.73. The molecule has 0 saturated carbocycles. The van der Waals surface area contributed by atoms with Crippen LogP contribution in [-0.2, 0) is 4.79 Å². The standard InChI is InChI=1S/C14H23N3O/c1-10-7-8-16-13(9-10)17-14(18)11(2)5-4-6-12(3)15/h7-9,11-12H,4-6,15H2,1-3H3,(H,16,17,18). The molecule has 0 aromatic carbocycles. The van der Waals surface area contributed by atoms with Crippen LogP contribution in [-0.4, -0.2) is 16.9 Å². The van der Waals surface area contributed by atoms with Crippen molar-refractivity contribution in [3.05, 3.63) is 23.9 Å². The lowest BCUT2D eigenvalue weighted by atomic mass is 10.0. The Labute approximate surface area is 109 Å². The van der Waals surface area contributed by atoms with Gasteiger partial charge in [-0.2, -0.15) is 0 Å². The zero-order valence-electron chi connectivity index (χ0n) is 11.4. The molecule has 0 spiro atoms. The van der Waals surface area contributed by atoms with Crippen molar-refractivity contribution in [2.45, 2.75) is 46.1 Å². The second kappa shape index (κ2) is 7.11. The lowest BCUT2D eigenvalue weighted by Gasteiger charge is -2.12. The Balaban J connectivity index is 2.40. The molecule has 0 aliphatic carbocycles. The number of amides is 1. The van der Waals surface area contributed by atoms with Crippen molar-refractivity contribution in [2.75, 3.05) is 5.32 Å². The SMILES string of the molecule is Cc1ccnc(NC(=O)C(C)CCCC(C)N)c1.